The average Bonchev–Trinajstić information content (AvgIpc) is 1.37. The number of methoxy groups -OCH3 is 1. The zero-order valence-electron chi connectivity index (χ0n) is 55.4. The maximum atomic E-state index is 9.60. The molecular formula is C81H132ClN3O5. The van der Waals surface area contributed by atoms with Crippen LogP contribution in [0.15, 0.2) is 157 Å². The van der Waals surface area contributed by atoms with Gasteiger partial charge in [-0.15, -0.1) is 0 Å². The Morgan fingerprint density at radius 1 is 0.356 bits per heavy atom. The number of rotatable bonds is 2. The molecule has 7 aromatic rings. The Morgan fingerprint density at radius 3 is 0.956 bits per heavy atom. The topological polar surface area (TPSA) is 139 Å². The zero-order valence-corrected chi connectivity index (χ0v) is 56.1. The highest BCUT2D eigenvalue weighted by Crippen LogP contribution is 2.32. The van der Waals surface area contributed by atoms with Crippen molar-refractivity contribution < 1.29 is 25.2 Å². The number of ether oxygens (including phenoxy) is 1. The molecule has 0 spiro atoms. The molecule has 0 aliphatic carbocycles. The standard InChI is InChI=1S/C12H18O.2C11H16O.C10H13Cl.C10H13N3.2C10H14O.7CH4/c1-8-6-10(12(3,4)5)7-9(2)11(8)13;1-11(2,3)9-5-7-10(12-4)8-6-9;1-8-7-9(11(2,3)4)5-6-10(8)12;1-10(2,3)8-4-6-9(11)7-5-8;1-10(2,3)8-4-6-9(7-5-8)12-13-11;1-10(2,3)8-4-6-9(11)7-5-8;1-10(2,3)8-5-4-6-9(11)7-8;;;;;;;/h6-7,13H,1-5H3;5-8H,1-4H3;5-7,12H,1-4H3;4-7H,1-3H3;4-7H,1-3H3;2*4-7,11H,1-3H3;7*1H4. The van der Waals surface area contributed by atoms with Crippen molar-refractivity contribution in [2.24, 2.45) is 5.11 Å². The number of aromatic hydroxyl groups is 4. The first-order valence-corrected chi connectivity index (χ1v) is 28.9. The minimum Gasteiger partial charge on any atom is -0.508 e. The molecule has 0 radical (unpaired) electrons. The molecule has 0 aliphatic heterocycles. The first-order chi connectivity index (χ1) is 37.8. The summed E-state index contributed by atoms with van der Waals surface area (Å²) in [6, 6.07) is 48.5. The molecule has 9 heteroatoms. The summed E-state index contributed by atoms with van der Waals surface area (Å²) in [7, 11) is 1.69. The van der Waals surface area contributed by atoms with Crippen LogP contribution in [0.3, 0.4) is 0 Å². The number of benzene rings is 7. The molecule has 0 bridgehead atoms. The van der Waals surface area contributed by atoms with Crippen molar-refractivity contribution in [3.8, 4) is 28.7 Å². The molecule has 0 atom stereocenters. The van der Waals surface area contributed by atoms with Gasteiger partial charge in [0.05, 0.1) is 7.11 Å². The molecule has 4 N–H and O–H groups in total. The number of azide groups is 1. The fourth-order valence-corrected chi connectivity index (χ4v) is 7.69. The Balaban J connectivity index is -0.000000176. The van der Waals surface area contributed by atoms with Gasteiger partial charge in [0.1, 0.15) is 28.7 Å². The van der Waals surface area contributed by atoms with E-state index in [4.69, 9.17) is 27.0 Å². The second kappa shape index (κ2) is 41.5. The molecule has 7 aromatic carbocycles. The second-order valence-corrected chi connectivity index (χ2v) is 28.7. The summed E-state index contributed by atoms with van der Waals surface area (Å²) >= 11 is 5.76. The van der Waals surface area contributed by atoms with E-state index in [0.717, 1.165) is 33.0 Å². The van der Waals surface area contributed by atoms with Gasteiger partial charge in [0.15, 0.2) is 0 Å². The number of phenolic OH excluding ortho intramolecular Hbond substituents is 4. The van der Waals surface area contributed by atoms with Crippen LogP contribution in [0.4, 0.5) is 5.69 Å². The maximum absolute atomic E-state index is 9.60. The van der Waals surface area contributed by atoms with Gasteiger partial charge < -0.3 is 25.2 Å². The second-order valence-electron chi connectivity index (χ2n) is 28.3. The lowest BCUT2D eigenvalue weighted by atomic mass is 9.85. The average molecular weight is 1260 g/mol. The van der Waals surface area contributed by atoms with E-state index in [1.54, 1.807) is 37.4 Å². The number of halogens is 1. The van der Waals surface area contributed by atoms with Gasteiger partial charge in [-0.2, -0.15) is 0 Å². The lowest BCUT2D eigenvalue weighted by Gasteiger charge is -2.20. The summed E-state index contributed by atoms with van der Waals surface area (Å²) < 4.78 is 5.08. The first-order valence-electron chi connectivity index (χ1n) is 28.6. The fraction of sp³-hybridized carbons (Fsp3) is 0.481. The number of nitrogens with zero attached hydrogens (tertiary/aromatic N) is 3. The van der Waals surface area contributed by atoms with Crippen molar-refractivity contribution in [3.63, 3.8) is 0 Å². The fourth-order valence-electron chi connectivity index (χ4n) is 7.57. The van der Waals surface area contributed by atoms with Crippen molar-refractivity contribution in [2.75, 3.05) is 7.11 Å². The van der Waals surface area contributed by atoms with Crippen LogP contribution in [0.2, 0.25) is 5.02 Å². The minimum atomic E-state index is 0. The molecular weight excluding hydrogens is 1130 g/mol. The first kappa shape index (κ1) is 96.8. The van der Waals surface area contributed by atoms with Crippen LogP contribution in [0, 0.1) is 20.8 Å². The molecule has 0 saturated heterocycles. The van der Waals surface area contributed by atoms with E-state index in [9.17, 15) is 15.3 Å². The molecule has 0 fully saturated rings. The van der Waals surface area contributed by atoms with Crippen molar-refractivity contribution in [1.29, 1.82) is 0 Å². The Bertz CT molecular complexity index is 2990. The Labute approximate surface area is 559 Å². The smallest absolute Gasteiger partial charge is 0.121 e. The van der Waals surface area contributed by atoms with Gasteiger partial charge in [-0.1, -0.05) is 311 Å². The van der Waals surface area contributed by atoms with Gasteiger partial charge in [-0.05, 0) is 174 Å². The van der Waals surface area contributed by atoms with Crippen LogP contribution in [0.5, 0.6) is 28.7 Å². The maximum Gasteiger partial charge on any atom is 0.121 e. The third-order valence-electron chi connectivity index (χ3n) is 13.4. The molecule has 8 nitrogen and oxygen atoms in total. The number of hydrogen-bond acceptors (Lipinski definition) is 6. The lowest BCUT2D eigenvalue weighted by molar-refractivity contribution is 0.414. The van der Waals surface area contributed by atoms with Crippen molar-refractivity contribution in [1.82, 2.24) is 0 Å². The van der Waals surface area contributed by atoms with E-state index in [0.29, 0.717) is 28.7 Å². The molecule has 0 amide bonds. The Morgan fingerprint density at radius 2 is 0.656 bits per heavy atom. The van der Waals surface area contributed by atoms with Gasteiger partial charge in [0.25, 0.3) is 0 Å². The Hall–Kier alpha value is -6.86. The van der Waals surface area contributed by atoms with Crippen LogP contribution >= 0.6 is 11.6 Å². The summed E-state index contributed by atoms with van der Waals surface area (Å²) in [5.74, 6) is 2.40. The van der Waals surface area contributed by atoms with E-state index in [1.807, 2.05) is 106 Å². The summed E-state index contributed by atoms with van der Waals surface area (Å²) in [5.41, 5.74) is 21.8. The predicted molar refractivity (Wildman–Crippen MR) is 404 cm³/mol. The van der Waals surface area contributed by atoms with Crippen LogP contribution in [0.25, 0.3) is 10.4 Å². The molecule has 0 aromatic heterocycles. The predicted octanol–water partition coefficient (Wildman–Crippen LogP) is 26.7. The van der Waals surface area contributed by atoms with Gasteiger partial charge in [0, 0.05) is 15.6 Å². The number of phenols is 4. The highest BCUT2D eigenvalue weighted by molar-refractivity contribution is 6.30. The van der Waals surface area contributed by atoms with Crippen molar-refractivity contribution >= 4 is 17.3 Å². The van der Waals surface area contributed by atoms with Gasteiger partial charge in [-0.25, -0.2) is 0 Å². The summed E-state index contributed by atoms with van der Waals surface area (Å²) in [6.45, 7) is 51.3. The van der Waals surface area contributed by atoms with Crippen LogP contribution in [0.1, 0.15) is 253 Å². The van der Waals surface area contributed by atoms with Crippen molar-refractivity contribution in [2.45, 2.75) is 256 Å². The van der Waals surface area contributed by atoms with Crippen molar-refractivity contribution in [3.05, 3.63) is 223 Å². The molecule has 0 saturated carbocycles. The van der Waals surface area contributed by atoms with Crippen LogP contribution < -0.4 is 4.74 Å². The minimum absolute atomic E-state index is 0. The monoisotopic (exact) mass is 1260 g/mol. The molecule has 0 heterocycles. The van der Waals surface area contributed by atoms with E-state index < -0.39 is 0 Å². The molecule has 7 rings (SSSR count). The lowest BCUT2D eigenvalue weighted by Crippen LogP contribution is -2.11. The van der Waals surface area contributed by atoms with Crippen LogP contribution in [-0.4, -0.2) is 27.5 Å². The van der Waals surface area contributed by atoms with E-state index in [1.165, 1.54) is 33.4 Å². The Kier molecular flexibility index (Phi) is 44.6. The molecule has 508 valence electrons. The number of aryl methyl sites for hydroxylation is 3. The van der Waals surface area contributed by atoms with Gasteiger partial charge >= 0.3 is 0 Å². The summed E-state index contributed by atoms with van der Waals surface area (Å²) in [6.07, 6.45) is 0. The molecule has 0 unspecified atom stereocenters. The van der Waals surface area contributed by atoms with Gasteiger partial charge in [-0.3, -0.25) is 0 Å². The third kappa shape index (κ3) is 36.7. The SMILES string of the molecule is C.C.C.C.C.C.C.CC(C)(C)c1ccc(Cl)cc1.CC(C)(C)c1ccc(N=[N+]=[N-])cc1.CC(C)(C)c1ccc(O)cc1.CC(C)(C)c1cccc(O)c1.COc1ccc(C(C)(C)C)cc1.Cc1cc(C(C)(C)C)cc(C)c1O.Cc1cc(C(C)(C)C)ccc1O. The largest absolute Gasteiger partial charge is 0.508 e. The quantitative estimate of drug-likeness (QED) is 0.0776. The number of hydrogen-bond donors (Lipinski definition) is 4. The highest BCUT2D eigenvalue weighted by atomic mass is 35.5. The summed E-state index contributed by atoms with van der Waals surface area (Å²) in [4.78, 5) is 2.72. The molecule has 0 aliphatic rings. The van der Waals surface area contributed by atoms with E-state index in [-0.39, 0.29) is 89.9 Å². The van der Waals surface area contributed by atoms with Crippen LogP contribution in [-0.2, 0) is 37.9 Å². The van der Waals surface area contributed by atoms with E-state index in [2.05, 4.69) is 192 Å². The van der Waals surface area contributed by atoms with Gasteiger partial charge in [0.2, 0.25) is 0 Å². The highest BCUT2D eigenvalue weighted by Gasteiger charge is 2.18. The van der Waals surface area contributed by atoms with E-state index >= 15 is 0 Å². The third-order valence-corrected chi connectivity index (χ3v) is 13.7. The zero-order chi connectivity index (χ0) is 64.1. The normalized spacial score (nSPS) is 10.6. The molecule has 90 heavy (non-hydrogen) atoms. The summed E-state index contributed by atoms with van der Waals surface area (Å²) in [5, 5.41) is 41.4.